The first-order chi connectivity index (χ1) is 8.56. The van der Waals surface area contributed by atoms with Crippen LogP contribution in [0.2, 0.25) is 5.02 Å². The van der Waals surface area contributed by atoms with Gasteiger partial charge in [-0.2, -0.15) is 0 Å². The fraction of sp³-hybridized carbons (Fsp3) is 0.462. The molecule has 0 bridgehead atoms. The van der Waals surface area contributed by atoms with E-state index in [0.717, 1.165) is 23.7 Å². The van der Waals surface area contributed by atoms with Crippen LogP contribution >= 0.6 is 27.5 Å². The maximum atomic E-state index is 12.0. The lowest BCUT2D eigenvalue weighted by atomic mass is 10.1. The summed E-state index contributed by atoms with van der Waals surface area (Å²) in [5.74, 6) is -0.134. The Kier molecular flexibility index (Phi) is 6.68. The number of carbonyl (C=O) groups is 1. The molecule has 1 unspecified atom stereocenters. The van der Waals surface area contributed by atoms with Crippen LogP contribution in [-0.4, -0.2) is 18.5 Å². The molecule has 5 heteroatoms. The van der Waals surface area contributed by atoms with Crippen molar-refractivity contribution in [1.82, 2.24) is 5.32 Å². The van der Waals surface area contributed by atoms with E-state index in [1.165, 1.54) is 0 Å². The maximum absolute atomic E-state index is 12.0. The first kappa shape index (κ1) is 15.5. The number of nitrogens with one attached hydrogen (secondary N) is 1. The fourth-order valence-corrected chi connectivity index (χ4v) is 2.51. The number of benzene rings is 1. The molecular formula is C13H18BrClN2O. The molecule has 0 saturated heterocycles. The minimum absolute atomic E-state index is 0.0233. The lowest BCUT2D eigenvalue weighted by Gasteiger charge is -2.16. The molecule has 100 valence electrons. The van der Waals surface area contributed by atoms with Gasteiger partial charge in [0.25, 0.3) is 5.91 Å². The second-order valence-electron chi connectivity index (χ2n) is 4.21. The van der Waals surface area contributed by atoms with Crippen LogP contribution in [0, 0.1) is 0 Å². The molecule has 0 aliphatic rings. The smallest absolute Gasteiger partial charge is 0.251 e. The number of carbonyl (C=O) groups excluding carboxylic acids is 1. The number of halogens is 2. The summed E-state index contributed by atoms with van der Waals surface area (Å²) in [4.78, 5) is 12.0. The molecule has 0 saturated carbocycles. The van der Waals surface area contributed by atoms with E-state index in [-0.39, 0.29) is 11.9 Å². The average Bonchev–Trinajstić information content (AvgIpc) is 2.32. The summed E-state index contributed by atoms with van der Waals surface area (Å²) in [5, 5.41) is 3.46. The Bertz CT molecular complexity index is 392. The van der Waals surface area contributed by atoms with E-state index >= 15 is 0 Å². The first-order valence-electron chi connectivity index (χ1n) is 6.03. The Morgan fingerprint density at radius 3 is 2.78 bits per heavy atom. The largest absolute Gasteiger partial charge is 0.348 e. The quantitative estimate of drug-likeness (QED) is 0.839. The number of amides is 1. The lowest BCUT2D eigenvalue weighted by Crippen LogP contribution is -2.40. The van der Waals surface area contributed by atoms with Gasteiger partial charge in [-0.25, -0.2) is 0 Å². The zero-order valence-electron chi connectivity index (χ0n) is 10.4. The van der Waals surface area contributed by atoms with E-state index in [2.05, 4.69) is 28.2 Å². The number of hydrogen-bond donors (Lipinski definition) is 2. The summed E-state index contributed by atoms with van der Waals surface area (Å²) in [6.45, 7) is 2.57. The van der Waals surface area contributed by atoms with E-state index in [0.29, 0.717) is 17.1 Å². The summed E-state index contributed by atoms with van der Waals surface area (Å²) in [5.41, 5.74) is 6.20. The predicted molar refractivity (Wildman–Crippen MR) is 79.0 cm³/mol. The van der Waals surface area contributed by atoms with Gasteiger partial charge in [0.15, 0.2) is 0 Å². The Labute approximate surface area is 121 Å². The van der Waals surface area contributed by atoms with Crippen molar-refractivity contribution in [3.05, 3.63) is 33.3 Å². The molecule has 0 aliphatic carbocycles. The molecule has 0 fully saturated rings. The monoisotopic (exact) mass is 332 g/mol. The summed E-state index contributed by atoms with van der Waals surface area (Å²) in [6.07, 6.45) is 3.05. The second kappa shape index (κ2) is 7.77. The highest BCUT2D eigenvalue weighted by Crippen LogP contribution is 2.19. The molecule has 1 rings (SSSR count). The molecular weight excluding hydrogens is 316 g/mol. The van der Waals surface area contributed by atoms with Crippen molar-refractivity contribution < 1.29 is 4.79 Å². The van der Waals surface area contributed by atoms with Crippen molar-refractivity contribution in [2.75, 3.05) is 6.54 Å². The van der Waals surface area contributed by atoms with Crippen LogP contribution in [0.5, 0.6) is 0 Å². The molecule has 3 N–H and O–H groups in total. The van der Waals surface area contributed by atoms with Gasteiger partial charge in [0.1, 0.15) is 0 Å². The highest BCUT2D eigenvalue weighted by molar-refractivity contribution is 9.10. The zero-order chi connectivity index (χ0) is 13.5. The van der Waals surface area contributed by atoms with E-state index < -0.39 is 0 Å². The third-order valence-electron chi connectivity index (χ3n) is 2.65. The molecule has 0 spiro atoms. The normalized spacial score (nSPS) is 12.2. The third-order valence-corrected chi connectivity index (χ3v) is 3.33. The van der Waals surface area contributed by atoms with E-state index in [4.69, 9.17) is 17.3 Å². The number of hydrogen-bond acceptors (Lipinski definition) is 2. The molecule has 1 atom stereocenters. The fourth-order valence-electron chi connectivity index (χ4n) is 1.65. The van der Waals surface area contributed by atoms with Crippen molar-refractivity contribution in [3.63, 3.8) is 0 Å². The first-order valence-corrected chi connectivity index (χ1v) is 7.21. The van der Waals surface area contributed by atoms with Crippen LogP contribution in [0.3, 0.4) is 0 Å². The van der Waals surface area contributed by atoms with E-state index in [1.807, 2.05) is 0 Å². The minimum atomic E-state index is -0.134. The lowest BCUT2D eigenvalue weighted by molar-refractivity contribution is 0.0935. The molecule has 18 heavy (non-hydrogen) atoms. The van der Waals surface area contributed by atoms with E-state index in [1.54, 1.807) is 18.2 Å². The highest BCUT2D eigenvalue weighted by Gasteiger charge is 2.13. The van der Waals surface area contributed by atoms with Crippen molar-refractivity contribution in [3.8, 4) is 0 Å². The summed E-state index contributed by atoms with van der Waals surface area (Å²) >= 11 is 9.23. The highest BCUT2D eigenvalue weighted by atomic mass is 79.9. The molecule has 1 aromatic rings. The molecule has 0 aromatic heterocycles. The van der Waals surface area contributed by atoms with Crippen LogP contribution in [-0.2, 0) is 0 Å². The number of nitrogens with two attached hydrogens (primary N) is 1. The summed E-state index contributed by atoms with van der Waals surface area (Å²) in [6, 6.07) is 5.16. The standard InChI is InChI=1S/C13H18BrClN2O/c1-2-3-4-12(8-16)17-13(18)9-5-10(14)7-11(15)6-9/h5-7,12H,2-4,8,16H2,1H3,(H,17,18). The third kappa shape index (κ3) is 4.96. The van der Waals surface area contributed by atoms with E-state index in [9.17, 15) is 4.79 Å². The molecule has 0 radical (unpaired) electrons. The van der Waals surface area contributed by atoms with Crippen LogP contribution in [0.1, 0.15) is 36.5 Å². The van der Waals surface area contributed by atoms with Crippen molar-refractivity contribution in [2.45, 2.75) is 32.2 Å². The molecule has 0 heterocycles. The number of unbranched alkanes of at least 4 members (excludes halogenated alkanes) is 1. The summed E-state index contributed by atoms with van der Waals surface area (Å²) < 4.78 is 0.790. The Morgan fingerprint density at radius 1 is 1.50 bits per heavy atom. The van der Waals surface area contributed by atoms with Crippen molar-refractivity contribution >= 4 is 33.4 Å². The van der Waals surface area contributed by atoms with Gasteiger partial charge in [-0.3, -0.25) is 4.79 Å². The van der Waals surface area contributed by atoms with Gasteiger partial charge in [0.05, 0.1) is 0 Å². The molecule has 3 nitrogen and oxygen atoms in total. The predicted octanol–water partition coefficient (Wildman–Crippen LogP) is 3.35. The van der Waals surface area contributed by atoms with Gasteiger partial charge < -0.3 is 11.1 Å². The SMILES string of the molecule is CCCCC(CN)NC(=O)c1cc(Cl)cc(Br)c1. The van der Waals surface area contributed by atoms with Crippen LogP contribution < -0.4 is 11.1 Å². The van der Waals surface area contributed by atoms with Gasteiger partial charge in [0, 0.05) is 27.6 Å². The van der Waals surface area contributed by atoms with Gasteiger partial charge in [-0.15, -0.1) is 0 Å². The van der Waals surface area contributed by atoms with Crippen LogP contribution in [0.15, 0.2) is 22.7 Å². The maximum Gasteiger partial charge on any atom is 0.251 e. The topological polar surface area (TPSA) is 55.1 Å². The van der Waals surface area contributed by atoms with Gasteiger partial charge in [-0.1, -0.05) is 47.3 Å². The number of rotatable bonds is 6. The molecule has 0 aliphatic heterocycles. The van der Waals surface area contributed by atoms with Crippen molar-refractivity contribution in [2.24, 2.45) is 5.73 Å². The average molecular weight is 334 g/mol. The van der Waals surface area contributed by atoms with Crippen LogP contribution in [0.25, 0.3) is 0 Å². The van der Waals surface area contributed by atoms with Gasteiger partial charge >= 0.3 is 0 Å². The Hall–Kier alpha value is -0.580. The molecule has 1 aromatic carbocycles. The van der Waals surface area contributed by atoms with Gasteiger partial charge in [0.2, 0.25) is 0 Å². The Morgan fingerprint density at radius 2 is 2.22 bits per heavy atom. The zero-order valence-corrected chi connectivity index (χ0v) is 12.7. The Balaban J connectivity index is 2.68. The van der Waals surface area contributed by atoms with Crippen LogP contribution in [0.4, 0.5) is 0 Å². The molecule has 1 amide bonds. The second-order valence-corrected chi connectivity index (χ2v) is 5.56. The summed E-state index contributed by atoms with van der Waals surface area (Å²) in [7, 11) is 0. The van der Waals surface area contributed by atoms with Crippen molar-refractivity contribution in [1.29, 1.82) is 0 Å². The van der Waals surface area contributed by atoms with Gasteiger partial charge in [-0.05, 0) is 24.6 Å². The minimum Gasteiger partial charge on any atom is -0.348 e.